The molecule has 8 heteroatoms. The fraction of sp³-hybridized carbons (Fsp3) is 0.381. The van der Waals surface area contributed by atoms with Gasteiger partial charge in [-0.05, 0) is 30.4 Å². The molecule has 2 rings (SSSR count). The SMILES string of the molecule is CN=C(NCc1ccc(C)cc1SC)NCc1c(OC)cc(OC)cc1OC.I. The van der Waals surface area contributed by atoms with Crippen LogP contribution in [0.4, 0.5) is 0 Å². The first kappa shape index (κ1) is 25.2. The topological polar surface area (TPSA) is 64.1 Å². The van der Waals surface area contributed by atoms with Gasteiger partial charge in [0.05, 0.1) is 33.4 Å². The first-order valence-corrected chi connectivity index (χ1v) is 10.2. The van der Waals surface area contributed by atoms with E-state index < -0.39 is 0 Å². The van der Waals surface area contributed by atoms with Crippen molar-refractivity contribution < 1.29 is 14.2 Å². The van der Waals surface area contributed by atoms with Gasteiger partial charge in [0.1, 0.15) is 17.2 Å². The molecule has 0 spiro atoms. The van der Waals surface area contributed by atoms with Gasteiger partial charge in [-0.1, -0.05) is 12.1 Å². The van der Waals surface area contributed by atoms with Crippen LogP contribution in [0.2, 0.25) is 0 Å². The fourth-order valence-electron chi connectivity index (χ4n) is 2.82. The highest BCUT2D eigenvalue weighted by atomic mass is 127. The minimum atomic E-state index is 0. The second kappa shape index (κ2) is 12.7. The zero-order valence-electron chi connectivity index (χ0n) is 17.8. The summed E-state index contributed by atoms with van der Waals surface area (Å²) in [6, 6.07) is 10.2. The predicted molar refractivity (Wildman–Crippen MR) is 132 cm³/mol. The molecule has 0 fully saturated rings. The predicted octanol–water partition coefficient (Wildman–Crippen LogP) is 4.23. The molecule has 0 bridgehead atoms. The van der Waals surface area contributed by atoms with Crippen LogP contribution in [0.5, 0.6) is 17.2 Å². The smallest absolute Gasteiger partial charge is 0.191 e. The third kappa shape index (κ3) is 6.88. The molecule has 2 aromatic rings. The van der Waals surface area contributed by atoms with E-state index in [1.54, 1.807) is 40.1 Å². The van der Waals surface area contributed by atoms with Crippen LogP contribution in [-0.4, -0.2) is 40.6 Å². The number of halogens is 1. The van der Waals surface area contributed by atoms with Crippen molar-refractivity contribution in [2.24, 2.45) is 4.99 Å². The average Bonchev–Trinajstić information content (AvgIpc) is 2.73. The van der Waals surface area contributed by atoms with E-state index in [0.29, 0.717) is 36.3 Å². The molecule has 0 saturated heterocycles. The van der Waals surface area contributed by atoms with Crippen molar-refractivity contribution in [2.45, 2.75) is 24.9 Å². The van der Waals surface area contributed by atoms with Gasteiger partial charge >= 0.3 is 0 Å². The zero-order chi connectivity index (χ0) is 20.5. The van der Waals surface area contributed by atoms with E-state index in [0.717, 1.165) is 5.56 Å². The Kier molecular flexibility index (Phi) is 11.0. The van der Waals surface area contributed by atoms with E-state index in [-0.39, 0.29) is 24.0 Å². The van der Waals surface area contributed by atoms with Crippen LogP contribution >= 0.6 is 35.7 Å². The summed E-state index contributed by atoms with van der Waals surface area (Å²) in [5, 5.41) is 6.69. The summed E-state index contributed by atoms with van der Waals surface area (Å²) in [6.45, 7) is 3.29. The number of hydrogen-bond donors (Lipinski definition) is 2. The summed E-state index contributed by atoms with van der Waals surface area (Å²) >= 11 is 1.75. The van der Waals surface area contributed by atoms with Gasteiger partial charge in [-0.2, -0.15) is 0 Å². The summed E-state index contributed by atoms with van der Waals surface area (Å²) in [4.78, 5) is 5.58. The van der Waals surface area contributed by atoms with E-state index in [2.05, 4.69) is 47.0 Å². The minimum Gasteiger partial charge on any atom is -0.496 e. The molecule has 0 aliphatic heterocycles. The Hall–Kier alpha value is -1.81. The molecular formula is C21H30IN3O3S. The summed E-state index contributed by atoms with van der Waals surface area (Å²) in [5.74, 6) is 2.78. The summed E-state index contributed by atoms with van der Waals surface area (Å²) in [5.41, 5.74) is 3.39. The maximum atomic E-state index is 5.50. The number of rotatable bonds is 8. The lowest BCUT2D eigenvalue weighted by Gasteiger charge is -2.18. The molecule has 2 aromatic carbocycles. The number of benzene rings is 2. The number of hydrogen-bond acceptors (Lipinski definition) is 5. The number of methoxy groups -OCH3 is 3. The Morgan fingerprint density at radius 2 is 1.59 bits per heavy atom. The van der Waals surface area contributed by atoms with Crippen molar-refractivity contribution in [3.63, 3.8) is 0 Å². The van der Waals surface area contributed by atoms with Gasteiger partial charge in [0.25, 0.3) is 0 Å². The van der Waals surface area contributed by atoms with Crippen LogP contribution in [0.1, 0.15) is 16.7 Å². The maximum absolute atomic E-state index is 5.50. The van der Waals surface area contributed by atoms with E-state index in [1.807, 2.05) is 12.1 Å². The molecule has 0 unspecified atom stereocenters. The molecule has 0 atom stereocenters. The average molecular weight is 531 g/mol. The van der Waals surface area contributed by atoms with Crippen LogP contribution in [0.15, 0.2) is 40.2 Å². The van der Waals surface area contributed by atoms with E-state index >= 15 is 0 Å². The molecule has 0 amide bonds. The fourth-order valence-corrected chi connectivity index (χ4v) is 3.53. The van der Waals surface area contributed by atoms with E-state index in [9.17, 15) is 0 Å². The lowest BCUT2D eigenvalue weighted by Crippen LogP contribution is -2.36. The molecule has 0 aliphatic rings. The van der Waals surface area contributed by atoms with Crippen molar-refractivity contribution >= 4 is 41.7 Å². The Morgan fingerprint density at radius 3 is 2.10 bits per heavy atom. The van der Waals surface area contributed by atoms with Crippen LogP contribution in [0.25, 0.3) is 0 Å². The highest BCUT2D eigenvalue weighted by Gasteiger charge is 2.14. The Bertz CT molecular complexity index is 806. The van der Waals surface area contributed by atoms with Gasteiger partial charge < -0.3 is 24.8 Å². The molecule has 0 aromatic heterocycles. The molecule has 0 aliphatic carbocycles. The normalized spacial score (nSPS) is 10.8. The number of nitrogens with one attached hydrogen (secondary N) is 2. The van der Waals surface area contributed by atoms with Gasteiger partial charge in [-0.3, -0.25) is 4.99 Å². The van der Waals surface area contributed by atoms with Gasteiger partial charge in [-0.15, -0.1) is 35.7 Å². The summed E-state index contributed by atoms with van der Waals surface area (Å²) < 4.78 is 16.3. The van der Waals surface area contributed by atoms with Gasteiger partial charge in [0, 0.05) is 30.6 Å². The molecule has 29 heavy (non-hydrogen) atoms. The third-order valence-corrected chi connectivity index (χ3v) is 5.18. The number of aryl methyl sites for hydroxylation is 1. The molecule has 6 nitrogen and oxygen atoms in total. The Morgan fingerprint density at radius 1 is 0.966 bits per heavy atom. The van der Waals surface area contributed by atoms with Crippen molar-refractivity contribution in [2.75, 3.05) is 34.6 Å². The monoisotopic (exact) mass is 531 g/mol. The largest absolute Gasteiger partial charge is 0.496 e. The molecular weight excluding hydrogens is 501 g/mol. The van der Waals surface area contributed by atoms with E-state index in [1.165, 1.54) is 16.0 Å². The van der Waals surface area contributed by atoms with Gasteiger partial charge in [-0.25, -0.2) is 0 Å². The molecule has 2 N–H and O–H groups in total. The molecule has 0 radical (unpaired) electrons. The molecule has 160 valence electrons. The molecule has 0 heterocycles. The second-order valence-corrected chi connectivity index (χ2v) is 6.95. The summed E-state index contributed by atoms with van der Waals surface area (Å²) in [7, 11) is 6.63. The second-order valence-electron chi connectivity index (χ2n) is 6.11. The number of guanidine groups is 1. The van der Waals surface area contributed by atoms with Crippen molar-refractivity contribution in [1.82, 2.24) is 10.6 Å². The quantitative estimate of drug-likeness (QED) is 0.230. The summed E-state index contributed by atoms with van der Waals surface area (Å²) in [6.07, 6.45) is 2.09. The van der Waals surface area contributed by atoms with Crippen molar-refractivity contribution in [1.29, 1.82) is 0 Å². The van der Waals surface area contributed by atoms with Crippen molar-refractivity contribution in [3.8, 4) is 17.2 Å². The van der Waals surface area contributed by atoms with Crippen LogP contribution < -0.4 is 24.8 Å². The standard InChI is InChI=1S/C21H29N3O3S.HI/c1-14-7-8-15(20(9-14)28-6)12-23-21(22-2)24-13-17-18(26-4)10-16(25-3)11-19(17)27-5;/h7-11H,12-13H2,1-6H3,(H2,22,23,24);1H. The third-order valence-electron chi connectivity index (χ3n) is 4.36. The number of thioether (sulfide) groups is 1. The van der Waals surface area contributed by atoms with Crippen LogP contribution in [-0.2, 0) is 13.1 Å². The Labute approximate surface area is 194 Å². The van der Waals surface area contributed by atoms with Gasteiger partial charge in [0.15, 0.2) is 5.96 Å². The number of aliphatic imine (C=N–C) groups is 1. The minimum absolute atomic E-state index is 0. The maximum Gasteiger partial charge on any atom is 0.191 e. The highest BCUT2D eigenvalue weighted by molar-refractivity contribution is 14.0. The van der Waals surface area contributed by atoms with E-state index in [4.69, 9.17) is 14.2 Å². The molecule has 0 saturated carbocycles. The highest BCUT2D eigenvalue weighted by Crippen LogP contribution is 2.33. The first-order chi connectivity index (χ1) is 13.6. The Balaban J connectivity index is 0.00000420. The van der Waals surface area contributed by atoms with Crippen LogP contribution in [0, 0.1) is 6.92 Å². The lowest BCUT2D eigenvalue weighted by molar-refractivity contribution is 0.368. The van der Waals surface area contributed by atoms with Crippen LogP contribution in [0.3, 0.4) is 0 Å². The number of nitrogens with zero attached hydrogens (tertiary/aromatic N) is 1. The zero-order valence-corrected chi connectivity index (χ0v) is 20.9. The lowest BCUT2D eigenvalue weighted by atomic mass is 10.1. The van der Waals surface area contributed by atoms with Gasteiger partial charge in [0.2, 0.25) is 0 Å². The number of ether oxygens (including phenoxy) is 3. The van der Waals surface area contributed by atoms with Crippen molar-refractivity contribution in [3.05, 3.63) is 47.0 Å². The first-order valence-electron chi connectivity index (χ1n) is 8.93.